The van der Waals surface area contributed by atoms with Crippen molar-refractivity contribution in [2.24, 2.45) is 5.11 Å². The molecular weight excluding hydrogens is 472 g/mol. The summed E-state index contributed by atoms with van der Waals surface area (Å²) in [6.45, 7) is 10.5. The monoisotopic (exact) mass is 504 g/mol. The van der Waals surface area contributed by atoms with E-state index in [1.807, 2.05) is 12.1 Å². The summed E-state index contributed by atoms with van der Waals surface area (Å²) in [5.41, 5.74) is 8.22. The maximum Gasteiger partial charge on any atom is 0.421 e. The van der Waals surface area contributed by atoms with Crippen LogP contribution in [0.5, 0.6) is 0 Å². The number of rotatable bonds is 8. The molecule has 10 nitrogen and oxygen atoms in total. The van der Waals surface area contributed by atoms with Crippen LogP contribution in [-0.4, -0.2) is 38.8 Å². The summed E-state index contributed by atoms with van der Waals surface area (Å²) in [6.07, 6.45) is 3.02. The van der Waals surface area contributed by atoms with Gasteiger partial charge < -0.3 is 14.8 Å². The molecule has 2 rings (SSSR count). The number of alkyl halides is 1. The number of hydrogen-bond acceptors (Lipinski definition) is 8. The Kier molecular flexibility index (Phi) is 9.41. The number of carbonyl (C=O) groups is 2. The Bertz CT molecular complexity index is 1070. The summed E-state index contributed by atoms with van der Waals surface area (Å²) in [7, 11) is 0. The summed E-state index contributed by atoms with van der Waals surface area (Å²) in [5.74, 6) is 0.479. The van der Waals surface area contributed by atoms with Crippen LogP contribution in [0.4, 0.5) is 21.2 Å². The normalized spacial score (nSPS) is 12.1. The first-order chi connectivity index (χ1) is 16.3. The summed E-state index contributed by atoms with van der Waals surface area (Å²) < 4.78 is 12.0. The predicted octanol–water partition coefficient (Wildman–Crippen LogP) is 6.98. The summed E-state index contributed by atoms with van der Waals surface area (Å²) >= 11 is 5.70. The fourth-order valence-corrected chi connectivity index (χ4v) is 2.98. The number of imidazole rings is 1. The molecule has 1 aromatic carbocycles. The van der Waals surface area contributed by atoms with E-state index in [0.29, 0.717) is 29.3 Å². The lowest BCUT2D eigenvalue weighted by atomic mass is 10.1. The standard InChI is InChI=1S/C24H33ClN6O4/c1-23(2,3)34-21(32)29-20-28-15-19(31(20)22(33)35-24(4,5)6)16-9-11-17(12-10-16)27-14-18(30-26)8-7-13-25/h9-12,14-15,26-27H,7-8,13H2,1-6H3,(H,28,29,32)/b18-14-,30-26?. The molecule has 1 amide bonds. The molecule has 0 unspecified atom stereocenters. The fourth-order valence-electron chi connectivity index (χ4n) is 2.84. The number of aromatic nitrogens is 2. The van der Waals surface area contributed by atoms with E-state index in [-0.39, 0.29) is 5.95 Å². The van der Waals surface area contributed by atoms with Crippen molar-refractivity contribution in [1.29, 1.82) is 5.53 Å². The van der Waals surface area contributed by atoms with Gasteiger partial charge in [0.25, 0.3) is 0 Å². The van der Waals surface area contributed by atoms with E-state index in [1.165, 1.54) is 10.8 Å². The molecule has 1 heterocycles. The summed E-state index contributed by atoms with van der Waals surface area (Å²) in [5, 5.41) is 9.12. The van der Waals surface area contributed by atoms with Crippen molar-refractivity contribution in [2.45, 2.75) is 65.6 Å². The molecule has 0 saturated carbocycles. The van der Waals surface area contributed by atoms with Gasteiger partial charge in [-0.3, -0.25) is 5.32 Å². The Labute approximate surface area is 210 Å². The van der Waals surface area contributed by atoms with Crippen LogP contribution in [0.15, 0.2) is 47.5 Å². The number of nitrogens with zero attached hydrogens (tertiary/aromatic N) is 3. The molecule has 0 spiro atoms. The fraction of sp³-hybridized carbons (Fsp3) is 0.458. The van der Waals surface area contributed by atoms with Crippen LogP contribution in [-0.2, 0) is 9.47 Å². The summed E-state index contributed by atoms with van der Waals surface area (Å²) in [6, 6.07) is 7.20. The number of ether oxygens (including phenoxy) is 2. The van der Waals surface area contributed by atoms with Gasteiger partial charge in [-0.2, -0.15) is 5.11 Å². The molecular formula is C24H33ClN6O4. The van der Waals surface area contributed by atoms with Gasteiger partial charge in [-0.15, -0.1) is 11.6 Å². The maximum atomic E-state index is 13.0. The van der Waals surface area contributed by atoms with Crippen LogP contribution in [0.1, 0.15) is 54.4 Å². The molecule has 0 aliphatic carbocycles. The molecule has 3 N–H and O–H groups in total. The van der Waals surface area contributed by atoms with Crippen molar-refractivity contribution >= 4 is 35.4 Å². The first kappa shape index (κ1) is 27.8. The highest BCUT2D eigenvalue weighted by atomic mass is 35.5. The molecule has 0 saturated heterocycles. The van der Waals surface area contributed by atoms with Gasteiger partial charge in [0, 0.05) is 23.3 Å². The van der Waals surface area contributed by atoms with E-state index >= 15 is 0 Å². The van der Waals surface area contributed by atoms with Crippen molar-refractivity contribution in [3.05, 3.63) is 42.4 Å². The van der Waals surface area contributed by atoms with E-state index in [4.69, 9.17) is 26.6 Å². The smallest absolute Gasteiger partial charge is 0.421 e. The van der Waals surface area contributed by atoms with E-state index in [9.17, 15) is 9.59 Å². The third-order valence-corrected chi connectivity index (χ3v) is 4.51. The molecule has 190 valence electrons. The second kappa shape index (κ2) is 11.8. The van der Waals surface area contributed by atoms with Crippen molar-refractivity contribution in [3.8, 4) is 11.3 Å². The predicted molar refractivity (Wildman–Crippen MR) is 136 cm³/mol. The van der Waals surface area contributed by atoms with Crippen LogP contribution in [0.25, 0.3) is 11.3 Å². The topological polar surface area (TPSA) is 131 Å². The first-order valence-corrected chi connectivity index (χ1v) is 11.7. The highest BCUT2D eigenvalue weighted by molar-refractivity contribution is 6.17. The average molecular weight is 505 g/mol. The molecule has 0 aliphatic rings. The minimum Gasteiger partial charge on any atom is -0.444 e. The largest absolute Gasteiger partial charge is 0.444 e. The Morgan fingerprint density at radius 1 is 1.11 bits per heavy atom. The zero-order valence-electron chi connectivity index (χ0n) is 20.9. The minimum atomic E-state index is -0.758. The molecule has 11 heteroatoms. The SMILES string of the molecule is CC(C)(C)OC(=O)Nc1ncc(-c2ccc(N/C=C(/CCCCl)N=N)cc2)n1C(=O)OC(C)(C)C. The lowest BCUT2D eigenvalue weighted by Crippen LogP contribution is -2.31. The molecule has 0 radical (unpaired) electrons. The number of halogens is 1. The van der Waals surface area contributed by atoms with E-state index in [2.05, 4.69) is 20.7 Å². The van der Waals surface area contributed by atoms with Gasteiger partial charge in [0.2, 0.25) is 5.95 Å². The van der Waals surface area contributed by atoms with Gasteiger partial charge in [0.15, 0.2) is 0 Å². The molecule has 0 aliphatic heterocycles. The molecule has 2 aromatic rings. The Morgan fingerprint density at radius 3 is 2.29 bits per heavy atom. The van der Waals surface area contributed by atoms with Gasteiger partial charge in [0.05, 0.1) is 17.6 Å². The van der Waals surface area contributed by atoms with Crippen LogP contribution in [0, 0.1) is 5.53 Å². The second-order valence-corrected chi connectivity index (χ2v) is 10.0. The van der Waals surface area contributed by atoms with Gasteiger partial charge in [-0.05, 0) is 66.5 Å². The number of benzene rings is 1. The van der Waals surface area contributed by atoms with Crippen LogP contribution < -0.4 is 10.6 Å². The molecule has 1 aromatic heterocycles. The van der Waals surface area contributed by atoms with Gasteiger partial charge >= 0.3 is 12.2 Å². The van der Waals surface area contributed by atoms with E-state index in [1.54, 1.807) is 59.9 Å². The highest BCUT2D eigenvalue weighted by Gasteiger charge is 2.26. The van der Waals surface area contributed by atoms with E-state index < -0.39 is 23.4 Å². The number of anilines is 2. The number of amides is 1. The van der Waals surface area contributed by atoms with Gasteiger partial charge in [0.1, 0.15) is 11.2 Å². The highest BCUT2D eigenvalue weighted by Crippen LogP contribution is 2.27. The minimum absolute atomic E-state index is 0.0189. The number of allylic oxidation sites excluding steroid dienone is 1. The van der Waals surface area contributed by atoms with Gasteiger partial charge in [-0.1, -0.05) is 12.1 Å². The molecule has 0 atom stereocenters. The van der Waals surface area contributed by atoms with Crippen LogP contribution >= 0.6 is 11.6 Å². The number of hydrogen-bond donors (Lipinski definition) is 3. The zero-order valence-corrected chi connectivity index (χ0v) is 21.7. The van der Waals surface area contributed by atoms with Crippen molar-refractivity contribution in [3.63, 3.8) is 0 Å². The molecule has 35 heavy (non-hydrogen) atoms. The first-order valence-electron chi connectivity index (χ1n) is 11.1. The maximum absolute atomic E-state index is 13.0. The summed E-state index contributed by atoms with van der Waals surface area (Å²) in [4.78, 5) is 29.5. The third kappa shape index (κ3) is 9.05. The van der Waals surface area contributed by atoms with Gasteiger partial charge in [-0.25, -0.2) is 24.7 Å². The quantitative estimate of drug-likeness (QED) is 0.262. The lowest BCUT2D eigenvalue weighted by molar-refractivity contribution is 0.0542. The molecule has 0 bridgehead atoms. The molecule has 0 fully saturated rings. The Hall–Kier alpha value is -3.40. The van der Waals surface area contributed by atoms with Crippen LogP contribution in [0.3, 0.4) is 0 Å². The number of carbonyl (C=O) groups excluding carboxylic acids is 2. The zero-order chi connectivity index (χ0) is 26.2. The third-order valence-electron chi connectivity index (χ3n) is 4.25. The van der Waals surface area contributed by atoms with Crippen LogP contribution in [0.2, 0.25) is 0 Å². The van der Waals surface area contributed by atoms with Crippen molar-refractivity contribution in [1.82, 2.24) is 9.55 Å². The van der Waals surface area contributed by atoms with Crippen molar-refractivity contribution in [2.75, 3.05) is 16.5 Å². The average Bonchev–Trinajstić information content (AvgIpc) is 3.15. The second-order valence-electron chi connectivity index (χ2n) is 9.67. The van der Waals surface area contributed by atoms with E-state index in [0.717, 1.165) is 12.1 Å². The van der Waals surface area contributed by atoms with Crippen molar-refractivity contribution < 1.29 is 19.1 Å². The Morgan fingerprint density at radius 2 is 1.74 bits per heavy atom. The lowest BCUT2D eigenvalue weighted by Gasteiger charge is -2.22. The Balaban J connectivity index is 2.34. The number of nitrogens with one attached hydrogen (secondary N) is 3.